The normalized spacial score (nSPS) is 15.3. The van der Waals surface area contributed by atoms with E-state index in [1.165, 1.54) is 23.6 Å². The molecule has 2 aromatic rings. The van der Waals surface area contributed by atoms with Gasteiger partial charge < -0.3 is 29.9 Å². The summed E-state index contributed by atoms with van der Waals surface area (Å²) in [6, 6.07) is 9.55. The number of carbonyl (C=O) groups excluding carboxylic acids is 3. The molecule has 1 fully saturated rings. The van der Waals surface area contributed by atoms with Crippen molar-refractivity contribution in [2.75, 3.05) is 47.3 Å². The number of fused-ring (bicyclic) bond motifs is 1. The van der Waals surface area contributed by atoms with Crippen molar-refractivity contribution in [2.24, 2.45) is 0 Å². The quantitative estimate of drug-likeness (QED) is 0.600. The summed E-state index contributed by atoms with van der Waals surface area (Å²) in [7, 11) is 4.60. The first-order valence-corrected chi connectivity index (χ1v) is 13.0. The first-order valence-electron chi connectivity index (χ1n) is 13.0. The van der Waals surface area contributed by atoms with Gasteiger partial charge in [0.2, 0.25) is 0 Å². The fraction of sp³-hybridized carbons (Fsp3) is 0.464. The molecule has 38 heavy (non-hydrogen) atoms. The number of ether oxygens (including phenoxy) is 2. The Labute approximate surface area is 223 Å². The van der Waals surface area contributed by atoms with Crippen molar-refractivity contribution >= 4 is 18.1 Å². The number of amides is 3. The van der Waals surface area contributed by atoms with Crippen LogP contribution in [0.4, 0.5) is 9.59 Å². The molecule has 0 aromatic heterocycles. The van der Waals surface area contributed by atoms with Crippen molar-refractivity contribution in [3.63, 3.8) is 0 Å². The molecule has 10 heteroatoms. The Bertz CT molecular complexity index is 1210. The predicted octanol–water partition coefficient (Wildman–Crippen LogP) is 3.15. The molecule has 2 aliphatic rings. The van der Waals surface area contributed by atoms with Crippen molar-refractivity contribution < 1.29 is 23.9 Å². The van der Waals surface area contributed by atoms with Crippen molar-refractivity contribution in [2.45, 2.75) is 39.4 Å². The number of nitrogens with one attached hydrogen (secondary N) is 2. The largest absolute Gasteiger partial charge is 0.414 e. The molecule has 0 unspecified atom stereocenters. The lowest BCUT2D eigenvalue weighted by molar-refractivity contribution is 0.0748. The van der Waals surface area contributed by atoms with E-state index in [4.69, 9.17) is 9.47 Å². The zero-order valence-corrected chi connectivity index (χ0v) is 22.8. The Morgan fingerprint density at radius 1 is 1.00 bits per heavy atom. The summed E-state index contributed by atoms with van der Waals surface area (Å²) in [5.41, 5.74) is 4.38. The molecule has 4 rings (SSSR count). The van der Waals surface area contributed by atoms with Crippen LogP contribution in [0.1, 0.15) is 52.4 Å². The van der Waals surface area contributed by atoms with E-state index >= 15 is 0 Å². The van der Waals surface area contributed by atoms with Crippen LogP contribution in [0, 0.1) is 0 Å². The summed E-state index contributed by atoms with van der Waals surface area (Å²) in [5, 5.41) is 5.79. The molecular formula is C28H37N5O5. The average Bonchev–Trinajstić information content (AvgIpc) is 3.32. The summed E-state index contributed by atoms with van der Waals surface area (Å²) >= 11 is 0. The van der Waals surface area contributed by atoms with Gasteiger partial charge in [-0.3, -0.25) is 9.69 Å². The molecule has 0 atom stereocenters. The van der Waals surface area contributed by atoms with E-state index in [0.717, 1.165) is 43.9 Å². The molecule has 0 bridgehead atoms. The molecule has 10 nitrogen and oxygen atoms in total. The first-order chi connectivity index (χ1) is 18.2. The first kappa shape index (κ1) is 27.4. The van der Waals surface area contributed by atoms with Crippen LogP contribution in [0.2, 0.25) is 0 Å². The van der Waals surface area contributed by atoms with Crippen LogP contribution in [0.3, 0.4) is 0 Å². The van der Waals surface area contributed by atoms with E-state index in [0.29, 0.717) is 18.7 Å². The highest BCUT2D eigenvalue weighted by molar-refractivity contribution is 5.98. The second-order valence-electron chi connectivity index (χ2n) is 10.2. The van der Waals surface area contributed by atoms with Crippen LogP contribution in [-0.2, 0) is 19.6 Å². The topological polar surface area (TPSA) is 103 Å². The molecule has 3 amide bonds. The summed E-state index contributed by atoms with van der Waals surface area (Å²) in [6.07, 6.45) is -1.29. The Morgan fingerprint density at radius 2 is 1.71 bits per heavy atom. The summed E-state index contributed by atoms with van der Waals surface area (Å²) in [6.45, 7) is 9.76. The lowest BCUT2D eigenvalue weighted by Crippen LogP contribution is -2.42. The third kappa shape index (κ3) is 6.25. The van der Waals surface area contributed by atoms with Crippen LogP contribution in [0.15, 0.2) is 30.3 Å². The summed E-state index contributed by atoms with van der Waals surface area (Å²) in [4.78, 5) is 43.7. The van der Waals surface area contributed by atoms with Crippen LogP contribution >= 0.6 is 0 Å². The van der Waals surface area contributed by atoms with E-state index in [2.05, 4.69) is 33.7 Å². The van der Waals surface area contributed by atoms with Gasteiger partial charge in [0.15, 0.2) is 0 Å². The van der Waals surface area contributed by atoms with Gasteiger partial charge in [0.05, 0.1) is 5.56 Å². The van der Waals surface area contributed by atoms with Crippen molar-refractivity contribution in [1.29, 1.82) is 0 Å². The molecule has 204 valence electrons. The monoisotopic (exact) mass is 523 g/mol. The Kier molecular flexibility index (Phi) is 8.53. The third-order valence-electron chi connectivity index (χ3n) is 6.83. The summed E-state index contributed by atoms with van der Waals surface area (Å²) < 4.78 is 11.0. The molecule has 1 saturated heterocycles. The molecule has 0 aliphatic carbocycles. The SMILES string of the molecule is CNC(=O)Oc1cc(OC(=O)N(C)C)c(C(C)C)cc1C(=O)N1Cc2ccc(CN3CCNCC3)cc2C1. The average molecular weight is 524 g/mol. The highest BCUT2D eigenvalue weighted by atomic mass is 16.6. The fourth-order valence-electron chi connectivity index (χ4n) is 4.69. The predicted molar refractivity (Wildman–Crippen MR) is 143 cm³/mol. The van der Waals surface area contributed by atoms with Gasteiger partial charge in [-0.1, -0.05) is 32.0 Å². The summed E-state index contributed by atoms with van der Waals surface area (Å²) in [5.74, 6) is -0.0212. The van der Waals surface area contributed by atoms with Gasteiger partial charge in [-0.05, 0) is 34.2 Å². The molecule has 2 heterocycles. The van der Waals surface area contributed by atoms with Crippen LogP contribution < -0.4 is 20.1 Å². The maximum Gasteiger partial charge on any atom is 0.414 e. The number of carbonyl (C=O) groups is 3. The highest BCUT2D eigenvalue weighted by Gasteiger charge is 2.29. The van der Waals surface area contributed by atoms with Crippen molar-refractivity contribution in [1.82, 2.24) is 25.3 Å². The van der Waals surface area contributed by atoms with E-state index < -0.39 is 12.2 Å². The van der Waals surface area contributed by atoms with Gasteiger partial charge in [-0.15, -0.1) is 0 Å². The van der Waals surface area contributed by atoms with Gasteiger partial charge >= 0.3 is 12.2 Å². The number of benzene rings is 2. The lowest BCUT2D eigenvalue weighted by atomic mass is 9.98. The maximum absolute atomic E-state index is 13.8. The lowest BCUT2D eigenvalue weighted by Gasteiger charge is -2.27. The number of rotatable bonds is 6. The molecule has 2 aromatic carbocycles. The second kappa shape index (κ2) is 11.8. The van der Waals surface area contributed by atoms with Crippen molar-refractivity contribution in [3.8, 4) is 11.5 Å². The van der Waals surface area contributed by atoms with E-state index in [-0.39, 0.29) is 28.9 Å². The molecule has 0 radical (unpaired) electrons. The van der Waals surface area contributed by atoms with E-state index in [9.17, 15) is 14.4 Å². The van der Waals surface area contributed by atoms with Crippen molar-refractivity contribution in [3.05, 3.63) is 58.1 Å². The Balaban J connectivity index is 1.60. The smallest absolute Gasteiger partial charge is 0.410 e. The number of nitrogens with zero attached hydrogens (tertiary/aromatic N) is 3. The minimum absolute atomic E-state index is 0.0376. The standard InChI is InChI=1S/C28H37N5O5/c1-18(2)22-13-23(25(37-27(35)29-3)14-24(22)38-28(36)31(4)5)26(34)33-16-20-7-6-19(12-21(20)17-33)15-32-10-8-30-9-11-32/h6-7,12-14,18,30H,8-11,15-17H2,1-5H3,(H,29,35). The molecule has 0 saturated carbocycles. The molecule has 2 aliphatic heterocycles. The number of piperazine rings is 1. The number of hydrogen-bond acceptors (Lipinski definition) is 7. The minimum atomic E-state index is -0.719. The minimum Gasteiger partial charge on any atom is -0.410 e. The van der Waals surface area contributed by atoms with Crippen LogP contribution in [0.5, 0.6) is 11.5 Å². The zero-order chi connectivity index (χ0) is 27.4. The maximum atomic E-state index is 13.8. The fourth-order valence-corrected chi connectivity index (χ4v) is 4.69. The molecular weight excluding hydrogens is 486 g/mol. The van der Waals surface area contributed by atoms with E-state index in [1.807, 2.05) is 13.8 Å². The van der Waals surface area contributed by atoms with Crippen LogP contribution in [0.25, 0.3) is 0 Å². The number of hydrogen-bond donors (Lipinski definition) is 2. The van der Waals surface area contributed by atoms with Crippen LogP contribution in [-0.4, -0.2) is 80.1 Å². The molecule has 0 spiro atoms. The van der Waals surface area contributed by atoms with Gasteiger partial charge in [-0.25, -0.2) is 9.59 Å². The van der Waals surface area contributed by atoms with Gasteiger partial charge in [0, 0.05) is 73.0 Å². The highest BCUT2D eigenvalue weighted by Crippen LogP contribution is 2.36. The third-order valence-corrected chi connectivity index (χ3v) is 6.83. The van der Waals surface area contributed by atoms with Gasteiger partial charge in [0.1, 0.15) is 11.5 Å². The second-order valence-corrected chi connectivity index (χ2v) is 10.2. The Morgan fingerprint density at radius 3 is 2.37 bits per heavy atom. The zero-order valence-electron chi connectivity index (χ0n) is 22.8. The molecule has 2 N–H and O–H groups in total. The van der Waals surface area contributed by atoms with E-state index in [1.54, 1.807) is 25.1 Å². The van der Waals surface area contributed by atoms with Gasteiger partial charge in [0.25, 0.3) is 5.91 Å². The van der Waals surface area contributed by atoms with Gasteiger partial charge in [-0.2, -0.15) is 0 Å². The Hall–Kier alpha value is -3.63.